The number of halogens is 1. The fraction of sp³-hybridized carbons (Fsp3) is 0.143. The Hall–Kier alpha value is -1.72. The Morgan fingerprint density at radius 3 is 2.15 bits per heavy atom. The molecule has 0 bridgehead atoms. The van der Waals surface area contributed by atoms with Gasteiger partial charge in [0.2, 0.25) is 0 Å². The van der Waals surface area contributed by atoms with Crippen LogP contribution in [-0.4, -0.2) is 15.5 Å². The molecule has 0 aliphatic rings. The number of anilines is 2. The molecule has 6 heteroatoms. The van der Waals surface area contributed by atoms with Gasteiger partial charge < -0.3 is 5.32 Å². The molecule has 4 nitrogen and oxygen atoms in total. The molecule has 0 saturated heterocycles. The minimum atomic E-state index is -3.60. The highest BCUT2D eigenvalue weighted by atomic mass is 35.5. The SMILES string of the molecule is CNc1ccc(S(=O)(=O)Nc2ccc(C)c(Cl)c2)cc1. The van der Waals surface area contributed by atoms with Gasteiger partial charge in [0, 0.05) is 17.8 Å². The van der Waals surface area contributed by atoms with Crippen molar-refractivity contribution in [3.8, 4) is 0 Å². The number of nitrogens with one attached hydrogen (secondary N) is 2. The van der Waals surface area contributed by atoms with E-state index in [1.165, 1.54) is 0 Å². The van der Waals surface area contributed by atoms with Crippen molar-refractivity contribution < 1.29 is 8.42 Å². The largest absolute Gasteiger partial charge is 0.388 e. The summed E-state index contributed by atoms with van der Waals surface area (Å²) in [6.07, 6.45) is 0. The van der Waals surface area contributed by atoms with Crippen molar-refractivity contribution in [3.05, 3.63) is 53.1 Å². The normalized spacial score (nSPS) is 11.2. The Kier molecular flexibility index (Phi) is 4.20. The molecule has 0 amide bonds. The summed E-state index contributed by atoms with van der Waals surface area (Å²) in [5.41, 5.74) is 2.19. The number of benzene rings is 2. The lowest BCUT2D eigenvalue weighted by Gasteiger charge is -2.10. The second-order valence-electron chi connectivity index (χ2n) is 4.34. The van der Waals surface area contributed by atoms with Gasteiger partial charge in [-0.1, -0.05) is 17.7 Å². The Morgan fingerprint density at radius 1 is 1.00 bits per heavy atom. The van der Waals surface area contributed by atoms with E-state index in [0.717, 1.165) is 11.3 Å². The summed E-state index contributed by atoms with van der Waals surface area (Å²) in [5.74, 6) is 0. The second kappa shape index (κ2) is 5.73. The summed E-state index contributed by atoms with van der Waals surface area (Å²) in [6, 6.07) is 11.5. The maximum atomic E-state index is 12.2. The number of rotatable bonds is 4. The third-order valence-electron chi connectivity index (χ3n) is 2.88. The Labute approximate surface area is 123 Å². The van der Waals surface area contributed by atoms with Gasteiger partial charge in [-0.25, -0.2) is 8.42 Å². The molecule has 0 saturated carbocycles. The van der Waals surface area contributed by atoms with Gasteiger partial charge in [0.15, 0.2) is 0 Å². The zero-order chi connectivity index (χ0) is 14.8. The van der Waals surface area contributed by atoms with E-state index in [4.69, 9.17) is 11.6 Å². The lowest BCUT2D eigenvalue weighted by molar-refractivity contribution is 0.601. The predicted molar refractivity (Wildman–Crippen MR) is 83.0 cm³/mol. The lowest BCUT2D eigenvalue weighted by Crippen LogP contribution is -2.12. The average molecular weight is 311 g/mol. The number of aryl methyl sites for hydroxylation is 1. The highest BCUT2D eigenvalue weighted by molar-refractivity contribution is 7.92. The molecule has 20 heavy (non-hydrogen) atoms. The van der Waals surface area contributed by atoms with Crippen LogP contribution in [0.3, 0.4) is 0 Å². The molecule has 2 rings (SSSR count). The monoisotopic (exact) mass is 310 g/mol. The fourth-order valence-electron chi connectivity index (χ4n) is 1.67. The summed E-state index contributed by atoms with van der Waals surface area (Å²) in [5, 5.41) is 3.46. The van der Waals surface area contributed by atoms with Gasteiger partial charge in [0.05, 0.1) is 10.6 Å². The van der Waals surface area contributed by atoms with Gasteiger partial charge in [-0.3, -0.25) is 4.72 Å². The Balaban J connectivity index is 2.27. The Morgan fingerprint density at radius 2 is 1.60 bits per heavy atom. The van der Waals surface area contributed by atoms with E-state index in [9.17, 15) is 8.42 Å². The van der Waals surface area contributed by atoms with Gasteiger partial charge in [0.25, 0.3) is 10.0 Å². The molecule has 0 unspecified atom stereocenters. The van der Waals surface area contributed by atoms with E-state index in [1.807, 2.05) is 6.92 Å². The zero-order valence-electron chi connectivity index (χ0n) is 11.1. The molecule has 0 heterocycles. The van der Waals surface area contributed by atoms with Crippen LogP contribution in [0.4, 0.5) is 11.4 Å². The molecular formula is C14H15ClN2O2S. The molecule has 0 radical (unpaired) electrons. The first-order chi connectivity index (χ1) is 9.42. The number of sulfonamides is 1. The third-order valence-corrected chi connectivity index (χ3v) is 4.68. The van der Waals surface area contributed by atoms with Crippen LogP contribution in [0.5, 0.6) is 0 Å². The molecule has 0 aromatic heterocycles. The van der Waals surface area contributed by atoms with Crippen molar-refractivity contribution in [1.82, 2.24) is 0 Å². The van der Waals surface area contributed by atoms with Crippen LogP contribution >= 0.6 is 11.6 Å². The van der Waals surface area contributed by atoms with E-state index >= 15 is 0 Å². The van der Waals surface area contributed by atoms with Crippen molar-refractivity contribution >= 4 is 33.0 Å². The van der Waals surface area contributed by atoms with Gasteiger partial charge in [-0.15, -0.1) is 0 Å². The van der Waals surface area contributed by atoms with Crippen LogP contribution in [0.25, 0.3) is 0 Å². The van der Waals surface area contributed by atoms with Crippen molar-refractivity contribution in [3.63, 3.8) is 0 Å². The molecular weight excluding hydrogens is 296 g/mol. The summed E-state index contributed by atoms with van der Waals surface area (Å²) in [4.78, 5) is 0.202. The van der Waals surface area contributed by atoms with Crippen LogP contribution in [0.15, 0.2) is 47.4 Å². The maximum absolute atomic E-state index is 12.2. The van der Waals surface area contributed by atoms with Gasteiger partial charge in [-0.2, -0.15) is 0 Å². The maximum Gasteiger partial charge on any atom is 0.261 e. The number of hydrogen-bond acceptors (Lipinski definition) is 3. The molecule has 0 spiro atoms. The van der Waals surface area contributed by atoms with Crippen molar-refractivity contribution in [2.75, 3.05) is 17.1 Å². The third kappa shape index (κ3) is 3.23. The summed E-state index contributed by atoms with van der Waals surface area (Å²) in [7, 11) is -1.83. The van der Waals surface area contributed by atoms with Crippen LogP contribution in [0.1, 0.15) is 5.56 Å². The van der Waals surface area contributed by atoms with Crippen molar-refractivity contribution in [1.29, 1.82) is 0 Å². The average Bonchev–Trinajstić information content (AvgIpc) is 2.43. The summed E-state index contributed by atoms with van der Waals surface area (Å²) >= 11 is 5.99. The van der Waals surface area contributed by atoms with E-state index in [1.54, 1.807) is 49.5 Å². The van der Waals surface area contributed by atoms with E-state index in [-0.39, 0.29) is 4.90 Å². The molecule has 0 fully saturated rings. The molecule has 0 aliphatic carbocycles. The van der Waals surface area contributed by atoms with Gasteiger partial charge in [0.1, 0.15) is 0 Å². The standard InChI is InChI=1S/C14H15ClN2O2S/c1-10-3-4-12(9-14(10)15)17-20(18,19)13-7-5-11(16-2)6-8-13/h3-9,16-17H,1-2H3. The highest BCUT2D eigenvalue weighted by Crippen LogP contribution is 2.23. The first-order valence-corrected chi connectivity index (χ1v) is 7.85. The summed E-state index contributed by atoms with van der Waals surface area (Å²) < 4.78 is 27.0. The van der Waals surface area contributed by atoms with Crippen LogP contribution in [0, 0.1) is 6.92 Å². The second-order valence-corrected chi connectivity index (χ2v) is 6.43. The lowest BCUT2D eigenvalue weighted by atomic mass is 10.2. The van der Waals surface area contributed by atoms with Crippen LogP contribution in [0.2, 0.25) is 5.02 Å². The minimum Gasteiger partial charge on any atom is -0.388 e. The predicted octanol–water partition coefficient (Wildman–Crippen LogP) is 3.49. The topological polar surface area (TPSA) is 58.2 Å². The van der Waals surface area contributed by atoms with Crippen LogP contribution in [-0.2, 0) is 10.0 Å². The summed E-state index contributed by atoms with van der Waals surface area (Å²) in [6.45, 7) is 1.86. The number of hydrogen-bond donors (Lipinski definition) is 2. The van der Waals surface area contributed by atoms with E-state index in [2.05, 4.69) is 10.0 Å². The molecule has 2 aromatic rings. The molecule has 2 N–H and O–H groups in total. The smallest absolute Gasteiger partial charge is 0.261 e. The van der Waals surface area contributed by atoms with Gasteiger partial charge >= 0.3 is 0 Å². The van der Waals surface area contributed by atoms with E-state index < -0.39 is 10.0 Å². The molecule has 0 aliphatic heterocycles. The first kappa shape index (κ1) is 14.7. The van der Waals surface area contributed by atoms with Crippen molar-refractivity contribution in [2.24, 2.45) is 0 Å². The Bertz CT molecular complexity index is 712. The highest BCUT2D eigenvalue weighted by Gasteiger charge is 2.14. The zero-order valence-corrected chi connectivity index (χ0v) is 12.7. The van der Waals surface area contributed by atoms with Gasteiger partial charge in [-0.05, 0) is 48.9 Å². The van der Waals surface area contributed by atoms with Crippen LogP contribution < -0.4 is 10.0 Å². The molecule has 0 atom stereocenters. The minimum absolute atomic E-state index is 0.202. The van der Waals surface area contributed by atoms with E-state index in [0.29, 0.717) is 10.7 Å². The quantitative estimate of drug-likeness (QED) is 0.909. The fourth-order valence-corrected chi connectivity index (χ4v) is 2.90. The first-order valence-electron chi connectivity index (χ1n) is 5.99. The molecule has 2 aromatic carbocycles. The van der Waals surface area contributed by atoms with Crippen molar-refractivity contribution in [2.45, 2.75) is 11.8 Å². The molecule has 106 valence electrons.